The molecule has 170 valence electrons. The number of alkyl halides is 2. The van der Waals surface area contributed by atoms with E-state index < -0.39 is 35.6 Å². The maximum Gasteiger partial charge on any atom is 0.265 e. The molecule has 10 heteroatoms. The highest BCUT2D eigenvalue weighted by Crippen LogP contribution is 2.34. The molecule has 1 aliphatic rings. The van der Waals surface area contributed by atoms with Crippen LogP contribution in [0.4, 0.5) is 17.6 Å². The van der Waals surface area contributed by atoms with Gasteiger partial charge in [0, 0.05) is 36.3 Å². The fourth-order valence-corrected chi connectivity index (χ4v) is 4.35. The Labute approximate surface area is 184 Å². The van der Waals surface area contributed by atoms with Crippen molar-refractivity contribution in [1.82, 2.24) is 14.3 Å². The summed E-state index contributed by atoms with van der Waals surface area (Å²) in [6.45, 7) is 0.0803. The van der Waals surface area contributed by atoms with Gasteiger partial charge in [0.1, 0.15) is 0 Å². The van der Waals surface area contributed by atoms with Crippen LogP contribution in [0.25, 0.3) is 16.3 Å². The lowest BCUT2D eigenvalue weighted by Gasteiger charge is -2.33. The smallest absolute Gasteiger partial charge is 0.265 e. The van der Waals surface area contributed by atoms with Crippen molar-refractivity contribution >= 4 is 22.2 Å². The molecule has 4 heterocycles. The zero-order chi connectivity index (χ0) is 23.4. The summed E-state index contributed by atoms with van der Waals surface area (Å²) in [6, 6.07) is 5.17. The number of H-pyrrole nitrogens is 1. The molecule has 0 bridgehead atoms. The first kappa shape index (κ1) is 21.2. The van der Waals surface area contributed by atoms with Crippen molar-refractivity contribution in [2.24, 2.45) is 0 Å². The predicted molar refractivity (Wildman–Crippen MR) is 111 cm³/mol. The minimum atomic E-state index is -2.71. The molecule has 3 aromatic heterocycles. The van der Waals surface area contributed by atoms with E-state index in [-0.39, 0.29) is 40.6 Å². The number of hydrogen-bond acceptors (Lipinski definition) is 3. The number of aromatic amines is 1. The third-order valence-corrected chi connectivity index (χ3v) is 5.98. The first-order valence-corrected chi connectivity index (χ1v) is 10.0. The Bertz CT molecular complexity index is 1480. The number of nitrogens with zero attached hydrogens (tertiary/aromatic N) is 2. The zero-order valence-corrected chi connectivity index (χ0v) is 17.2. The fourth-order valence-electron chi connectivity index (χ4n) is 4.35. The van der Waals surface area contributed by atoms with Gasteiger partial charge in [-0.15, -0.1) is 0 Å². The normalized spacial score (nSPS) is 15.9. The summed E-state index contributed by atoms with van der Waals surface area (Å²) in [5.74, 6) is -2.76. The topological polar surface area (TPSA) is 66.8 Å². The molecule has 1 N–H and O–H groups in total. The molecule has 0 fully saturated rings. The molecule has 0 radical (unpaired) electrons. The van der Waals surface area contributed by atoms with Crippen molar-refractivity contribution in [2.75, 3.05) is 13.7 Å². The monoisotopic (exact) mass is 459 g/mol. The Morgan fingerprint density at radius 3 is 2.67 bits per heavy atom. The summed E-state index contributed by atoms with van der Waals surface area (Å²) in [5.41, 5.74) is 0.380. The number of benzene rings is 1. The molecule has 5 rings (SSSR count). The lowest BCUT2D eigenvalue weighted by atomic mass is 9.95. The molecule has 6 nitrogen and oxygen atoms in total. The van der Waals surface area contributed by atoms with Gasteiger partial charge in [-0.3, -0.25) is 9.59 Å². The van der Waals surface area contributed by atoms with Gasteiger partial charge in [0.2, 0.25) is 0 Å². The maximum atomic E-state index is 14.1. The van der Waals surface area contributed by atoms with E-state index in [1.54, 1.807) is 6.20 Å². The molecule has 0 saturated carbocycles. The van der Waals surface area contributed by atoms with Gasteiger partial charge in [-0.2, -0.15) is 0 Å². The van der Waals surface area contributed by atoms with Crippen molar-refractivity contribution < 1.29 is 27.1 Å². The fraction of sp³-hybridized carbons (Fsp3) is 0.217. The van der Waals surface area contributed by atoms with Gasteiger partial charge in [-0.05, 0) is 35.7 Å². The third kappa shape index (κ3) is 3.37. The first-order valence-electron chi connectivity index (χ1n) is 10.0. The van der Waals surface area contributed by atoms with Gasteiger partial charge in [-0.25, -0.2) is 17.6 Å². The summed E-state index contributed by atoms with van der Waals surface area (Å²) in [5, 5.41) is 0.138. The van der Waals surface area contributed by atoms with E-state index in [1.807, 2.05) is 0 Å². The summed E-state index contributed by atoms with van der Waals surface area (Å²) in [7, 11) is 1.50. The van der Waals surface area contributed by atoms with Crippen molar-refractivity contribution in [3.05, 3.63) is 87.1 Å². The molecule has 4 aromatic rings. The highest BCUT2D eigenvalue weighted by molar-refractivity contribution is 5.96. The molecular weight excluding hydrogens is 442 g/mol. The molecule has 1 aromatic carbocycles. The number of fused-ring (bicyclic) bond motifs is 4. The number of carbonyl (C=O) groups excluding carboxylic acids is 1. The number of hydrogen-bond donors (Lipinski definition) is 1. The van der Waals surface area contributed by atoms with E-state index in [9.17, 15) is 27.2 Å². The average molecular weight is 459 g/mol. The Kier molecular flexibility index (Phi) is 4.97. The van der Waals surface area contributed by atoms with Crippen LogP contribution >= 0.6 is 0 Å². The molecule has 1 unspecified atom stereocenters. The number of rotatable bonds is 3. The summed E-state index contributed by atoms with van der Waals surface area (Å²) < 4.78 is 61.5. The number of amides is 1. The number of halogens is 4. The SMILES string of the molecule is CN(C(=O)c1cc2c(C(F)F)cccn2c1)C1COCc2[nH]c(=O)c3cc(F)c(F)cc3c21. The Balaban J connectivity index is 1.60. The molecule has 33 heavy (non-hydrogen) atoms. The predicted octanol–water partition coefficient (Wildman–Crippen LogP) is 4.34. The third-order valence-electron chi connectivity index (χ3n) is 5.98. The summed E-state index contributed by atoms with van der Waals surface area (Å²) in [6.07, 6.45) is 0.304. The standard InChI is InChI=1S/C23H17F4N3O3/c1-29(23(32)11-5-18-12(21(26)27)3-2-4-30(18)8-11)19-10-33-9-17-20(19)13-6-15(24)16(25)7-14(13)22(31)28-17/h2-8,19,21H,9-10H2,1H3,(H,28,31). The van der Waals surface area contributed by atoms with Crippen LogP contribution in [0.1, 0.15) is 39.6 Å². The van der Waals surface area contributed by atoms with Gasteiger partial charge in [0.15, 0.2) is 11.6 Å². The lowest BCUT2D eigenvalue weighted by Crippen LogP contribution is -2.37. The minimum Gasteiger partial charge on any atom is -0.373 e. The number of pyridine rings is 2. The van der Waals surface area contributed by atoms with Crippen molar-refractivity contribution in [3.63, 3.8) is 0 Å². The van der Waals surface area contributed by atoms with E-state index in [4.69, 9.17) is 4.74 Å². The van der Waals surface area contributed by atoms with Gasteiger partial charge < -0.3 is 19.0 Å². The maximum absolute atomic E-state index is 14.1. The molecule has 1 atom stereocenters. The molecule has 1 amide bonds. The van der Waals surface area contributed by atoms with Crippen LogP contribution in [0.3, 0.4) is 0 Å². The van der Waals surface area contributed by atoms with Gasteiger partial charge >= 0.3 is 0 Å². The number of ether oxygens (including phenoxy) is 1. The highest BCUT2D eigenvalue weighted by atomic mass is 19.3. The first-order chi connectivity index (χ1) is 15.8. The Hall–Kier alpha value is -3.66. The molecule has 0 spiro atoms. The Morgan fingerprint density at radius 2 is 1.94 bits per heavy atom. The largest absolute Gasteiger partial charge is 0.373 e. The number of likely N-dealkylation sites (N-methyl/N-ethyl adjacent to an activating group) is 1. The highest BCUT2D eigenvalue weighted by Gasteiger charge is 2.32. The second kappa shape index (κ2) is 7.73. The van der Waals surface area contributed by atoms with Crippen LogP contribution in [0.15, 0.2) is 47.5 Å². The van der Waals surface area contributed by atoms with Crippen molar-refractivity contribution in [3.8, 4) is 0 Å². The van der Waals surface area contributed by atoms with E-state index in [2.05, 4.69) is 4.98 Å². The minimum absolute atomic E-state index is 0.0336. The second-order valence-electron chi connectivity index (χ2n) is 7.89. The van der Waals surface area contributed by atoms with E-state index in [1.165, 1.54) is 40.7 Å². The Morgan fingerprint density at radius 1 is 1.21 bits per heavy atom. The number of aromatic nitrogens is 2. The van der Waals surface area contributed by atoms with Crippen LogP contribution in [0.2, 0.25) is 0 Å². The number of nitrogens with one attached hydrogen (secondary N) is 1. The molecule has 1 aliphatic heterocycles. The quantitative estimate of drug-likeness (QED) is 0.464. The van der Waals surface area contributed by atoms with E-state index >= 15 is 0 Å². The van der Waals surface area contributed by atoms with Gasteiger partial charge in [0.05, 0.1) is 35.7 Å². The van der Waals surface area contributed by atoms with Crippen LogP contribution in [-0.4, -0.2) is 33.8 Å². The van der Waals surface area contributed by atoms with Crippen LogP contribution in [-0.2, 0) is 11.3 Å². The van der Waals surface area contributed by atoms with Crippen LogP contribution < -0.4 is 5.56 Å². The second-order valence-corrected chi connectivity index (χ2v) is 7.89. The van der Waals surface area contributed by atoms with Gasteiger partial charge in [0.25, 0.3) is 17.9 Å². The molecule has 0 saturated heterocycles. The van der Waals surface area contributed by atoms with Crippen LogP contribution in [0.5, 0.6) is 0 Å². The number of carbonyl (C=O) groups is 1. The van der Waals surface area contributed by atoms with Gasteiger partial charge in [-0.1, -0.05) is 0 Å². The lowest BCUT2D eigenvalue weighted by molar-refractivity contribution is 0.0336. The molecular formula is C23H17F4N3O3. The zero-order valence-electron chi connectivity index (χ0n) is 17.2. The summed E-state index contributed by atoms with van der Waals surface area (Å²) >= 11 is 0. The average Bonchev–Trinajstić information content (AvgIpc) is 3.23. The van der Waals surface area contributed by atoms with E-state index in [0.717, 1.165) is 12.1 Å². The van der Waals surface area contributed by atoms with E-state index in [0.29, 0.717) is 11.3 Å². The summed E-state index contributed by atoms with van der Waals surface area (Å²) in [4.78, 5) is 29.6. The van der Waals surface area contributed by atoms with Crippen molar-refractivity contribution in [1.29, 1.82) is 0 Å². The molecule has 0 aliphatic carbocycles. The van der Waals surface area contributed by atoms with Crippen molar-refractivity contribution in [2.45, 2.75) is 19.1 Å². The van der Waals surface area contributed by atoms with Crippen LogP contribution in [0, 0.1) is 11.6 Å².